The highest BCUT2D eigenvalue weighted by molar-refractivity contribution is 5.79. The lowest BCUT2D eigenvalue weighted by atomic mass is 9.84. The molecular weight excluding hydrogens is 256 g/mol. The average molecular weight is 284 g/mol. The fraction of sp³-hybridized carbons (Fsp3) is 0.933. The van der Waals surface area contributed by atoms with E-state index in [4.69, 9.17) is 4.74 Å². The van der Waals surface area contributed by atoms with Crippen LogP contribution in [0.15, 0.2) is 0 Å². The molecule has 2 fully saturated rings. The van der Waals surface area contributed by atoms with Gasteiger partial charge in [0.15, 0.2) is 0 Å². The molecule has 20 heavy (non-hydrogen) atoms. The number of carbonyl (C=O) groups is 1. The Labute approximate surface area is 121 Å². The second-order valence-corrected chi connectivity index (χ2v) is 6.20. The Hall–Kier alpha value is -0.650. The van der Waals surface area contributed by atoms with E-state index < -0.39 is 11.5 Å². The van der Waals surface area contributed by atoms with E-state index in [1.165, 1.54) is 6.42 Å². The minimum atomic E-state index is -0.698. The zero-order valence-electron chi connectivity index (χ0n) is 12.7. The molecule has 5 heteroatoms. The molecule has 3 unspecified atom stereocenters. The second-order valence-electron chi connectivity index (χ2n) is 6.20. The summed E-state index contributed by atoms with van der Waals surface area (Å²) >= 11 is 0. The maximum absolute atomic E-state index is 11.6. The van der Waals surface area contributed by atoms with Gasteiger partial charge in [-0.3, -0.25) is 4.79 Å². The molecule has 0 aromatic rings. The summed E-state index contributed by atoms with van der Waals surface area (Å²) in [5, 5.41) is 12.6. The van der Waals surface area contributed by atoms with E-state index in [9.17, 15) is 9.90 Å². The Morgan fingerprint density at radius 1 is 1.45 bits per heavy atom. The van der Waals surface area contributed by atoms with E-state index in [1.54, 1.807) is 14.2 Å². The Balaban J connectivity index is 1.88. The third kappa shape index (κ3) is 3.15. The summed E-state index contributed by atoms with van der Waals surface area (Å²) in [4.78, 5) is 14.0. The van der Waals surface area contributed by atoms with Crippen molar-refractivity contribution in [2.75, 3.05) is 33.8 Å². The van der Waals surface area contributed by atoms with Crippen LogP contribution in [0.2, 0.25) is 0 Å². The van der Waals surface area contributed by atoms with Crippen LogP contribution in [0.25, 0.3) is 0 Å². The average Bonchev–Trinajstić information content (AvgIpc) is 2.89. The summed E-state index contributed by atoms with van der Waals surface area (Å²) in [6.45, 7) is 3.09. The quantitative estimate of drug-likeness (QED) is 0.770. The van der Waals surface area contributed by atoms with Crippen molar-refractivity contribution in [2.24, 2.45) is 5.92 Å². The van der Waals surface area contributed by atoms with Gasteiger partial charge in [-0.15, -0.1) is 0 Å². The molecule has 2 aliphatic rings. The summed E-state index contributed by atoms with van der Waals surface area (Å²) in [5.41, 5.74) is -0.698. The molecule has 1 saturated heterocycles. The molecule has 1 saturated carbocycles. The summed E-state index contributed by atoms with van der Waals surface area (Å²) < 4.78 is 5.45. The lowest BCUT2D eigenvalue weighted by Gasteiger charge is -2.35. The first-order valence-electron chi connectivity index (χ1n) is 7.80. The van der Waals surface area contributed by atoms with Crippen molar-refractivity contribution in [1.82, 2.24) is 10.2 Å². The van der Waals surface area contributed by atoms with Gasteiger partial charge in [0.25, 0.3) is 0 Å². The summed E-state index contributed by atoms with van der Waals surface area (Å²) in [6.07, 6.45) is 6.42. The van der Waals surface area contributed by atoms with Crippen LogP contribution in [0.1, 0.15) is 38.5 Å². The number of aliphatic carboxylic acids is 1. The Kier molecular flexibility index (Phi) is 5.41. The number of rotatable bonds is 6. The van der Waals surface area contributed by atoms with Crippen molar-refractivity contribution in [2.45, 2.75) is 50.2 Å². The number of carboxylic acids is 1. The lowest BCUT2D eigenvalue weighted by molar-refractivity contribution is -0.146. The lowest BCUT2D eigenvalue weighted by Crippen LogP contribution is -2.54. The van der Waals surface area contributed by atoms with Crippen LogP contribution in [-0.4, -0.2) is 61.4 Å². The van der Waals surface area contributed by atoms with E-state index >= 15 is 0 Å². The molecule has 1 aliphatic carbocycles. The van der Waals surface area contributed by atoms with E-state index in [0.29, 0.717) is 6.10 Å². The standard InChI is InChI=1S/C15H28N2O3/c1-16-15(14(18)19)8-3-5-12(15)7-10-17-9-4-6-13(11-17)20-2/h12-13,16H,3-11H2,1-2H3,(H,18,19). The highest BCUT2D eigenvalue weighted by Gasteiger charge is 2.47. The third-order valence-corrected chi connectivity index (χ3v) is 5.24. The van der Waals surface area contributed by atoms with Crippen LogP contribution in [0.3, 0.4) is 0 Å². The van der Waals surface area contributed by atoms with Gasteiger partial charge in [0, 0.05) is 13.7 Å². The molecule has 2 rings (SSSR count). The summed E-state index contributed by atoms with van der Waals surface area (Å²) in [5.74, 6) is -0.441. The number of likely N-dealkylation sites (tertiary alicyclic amines) is 1. The molecule has 0 radical (unpaired) electrons. The van der Waals surface area contributed by atoms with Gasteiger partial charge in [-0.05, 0) is 58.2 Å². The normalized spacial score (nSPS) is 35.3. The van der Waals surface area contributed by atoms with E-state index in [2.05, 4.69) is 10.2 Å². The molecule has 0 amide bonds. The largest absolute Gasteiger partial charge is 0.480 e. The van der Waals surface area contributed by atoms with E-state index in [0.717, 1.165) is 51.7 Å². The van der Waals surface area contributed by atoms with Crippen molar-refractivity contribution < 1.29 is 14.6 Å². The summed E-state index contributed by atoms with van der Waals surface area (Å²) in [7, 11) is 3.57. The predicted molar refractivity (Wildman–Crippen MR) is 77.9 cm³/mol. The smallest absolute Gasteiger partial charge is 0.324 e. The highest BCUT2D eigenvalue weighted by Crippen LogP contribution is 2.38. The van der Waals surface area contributed by atoms with Crippen LogP contribution in [0, 0.1) is 5.92 Å². The van der Waals surface area contributed by atoms with Gasteiger partial charge >= 0.3 is 5.97 Å². The number of hydrogen-bond acceptors (Lipinski definition) is 4. The second kappa shape index (κ2) is 6.87. The zero-order chi connectivity index (χ0) is 14.6. The molecular formula is C15H28N2O3. The van der Waals surface area contributed by atoms with Gasteiger partial charge < -0.3 is 20.1 Å². The number of likely N-dealkylation sites (N-methyl/N-ethyl adjacent to an activating group) is 1. The molecule has 3 atom stereocenters. The van der Waals surface area contributed by atoms with E-state index in [-0.39, 0.29) is 5.92 Å². The molecule has 0 bridgehead atoms. The Bertz CT molecular complexity index is 337. The molecule has 5 nitrogen and oxygen atoms in total. The van der Waals surface area contributed by atoms with Gasteiger partial charge in [-0.1, -0.05) is 6.42 Å². The first-order chi connectivity index (χ1) is 9.62. The first-order valence-corrected chi connectivity index (χ1v) is 7.80. The number of ether oxygens (including phenoxy) is 1. The molecule has 116 valence electrons. The van der Waals surface area contributed by atoms with Gasteiger partial charge in [0.2, 0.25) is 0 Å². The predicted octanol–water partition coefficient (Wildman–Crippen LogP) is 1.33. The van der Waals surface area contributed by atoms with Crippen LogP contribution in [-0.2, 0) is 9.53 Å². The number of piperidine rings is 1. The fourth-order valence-electron chi connectivity index (χ4n) is 3.93. The Morgan fingerprint density at radius 3 is 2.90 bits per heavy atom. The van der Waals surface area contributed by atoms with Crippen LogP contribution < -0.4 is 5.32 Å². The van der Waals surface area contributed by atoms with Crippen molar-refractivity contribution in [3.8, 4) is 0 Å². The van der Waals surface area contributed by atoms with E-state index in [1.807, 2.05) is 0 Å². The number of hydrogen-bond donors (Lipinski definition) is 2. The fourth-order valence-corrected chi connectivity index (χ4v) is 3.93. The maximum atomic E-state index is 11.6. The Morgan fingerprint density at radius 2 is 2.25 bits per heavy atom. The summed E-state index contributed by atoms with van der Waals surface area (Å²) in [6, 6.07) is 0. The van der Waals surface area contributed by atoms with Gasteiger partial charge in [0.05, 0.1) is 6.10 Å². The molecule has 1 heterocycles. The number of nitrogens with one attached hydrogen (secondary N) is 1. The molecule has 0 spiro atoms. The van der Waals surface area contributed by atoms with Crippen LogP contribution in [0.5, 0.6) is 0 Å². The third-order valence-electron chi connectivity index (χ3n) is 5.24. The zero-order valence-corrected chi connectivity index (χ0v) is 12.7. The van der Waals surface area contributed by atoms with Crippen LogP contribution >= 0.6 is 0 Å². The minimum absolute atomic E-state index is 0.243. The van der Waals surface area contributed by atoms with Gasteiger partial charge in [0.1, 0.15) is 5.54 Å². The van der Waals surface area contributed by atoms with Crippen LogP contribution in [0.4, 0.5) is 0 Å². The minimum Gasteiger partial charge on any atom is -0.480 e. The SMILES string of the molecule is CNC1(C(=O)O)CCCC1CCN1CCCC(OC)C1. The molecule has 0 aromatic carbocycles. The molecule has 2 N–H and O–H groups in total. The first kappa shape index (κ1) is 15.7. The maximum Gasteiger partial charge on any atom is 0.324 e. The highest BCUT2D eigenvalue weighted by atomic mass is 16.5. The van der Waals surface area contributed by atoms with Crippen molar-refractivity contribution in [3.05, 3.63) is 0 Å². The van der Waals surface area contributed by atoms with Crippen molar-refractivity contribution in [1.29, 1.82) is 0 Å². The molecule has 1 aliphatic heterocycles. The van der Waals surface area contributed by atoms with Crippen molar-refractivity contribution >= 4 is 5.97 Å². The number of carboxylic acid groups (broad SMARTS) is 1. The van der Waals surface area contributed by atoms with Gasteiger partial charge in [-0.25, -0.2) is 0 Å². The van der Waals surface area contributed by atoms with Crippen molar-refractivity contribution in [3.63, 3.8) is 0 Å². The topological polar surface area (TPSA) is 61.8 Å². The molecule has 0 aromatic heterocycles. The van der Waals surface area contributed by atoms with Gasteiger partial charge in [-0.2, -0.15) is 0 Å². The number of methoxy groups -OCH3 is 1. The number of nitrogens with zero attached hydrogens (tertiary/aromatic N) is 1. The monoisotopic (exact) mass is 284 g/mol.